The summed E-state index contributed by atoms with van der Waals surface area (Å²) in [5.74, 6) is 0.165. The van der Waals surface area contributed by atoms with Gasteiger partial charge >= 0.3 is 10.1 Å². The number of benzene rings is 3. The number of nitrogens with two attached hydrogens (primary N) is 1. The van der Waals surface area contributed by atoms with Crippen LogP contribution in [0.3, 0.4) is 0 Å². The molecule has 2 N–H and O–H groups in total. The minimum absolute atomic E-state index is 0.102. The highest BCUT2D eigenvalue weighted by Crippen LogP contribution is 2.33. The molecule has 5 heteroatoms. The van der Waals surface area contributed by atoms with Crippen LogP contribution in [0.1, 0.15) is 5.56 Å². The van der Waals surface area contributed by atoms with Gasteiger partial charge in [-0.3, -0.25) is 0 Å². The lowest BCUT2D eigenvalue weighted by molar-refractivity contribution is 0.489. The van der Waals surface area contributed by atoms with Crippen LogP contribution in [0, 0.1) is 6.92 Å². The molecule has 112 valence electrons. The molecule has 0 heterocycles. The third-order valence-corrected chi connectivity index (χ3v) is 4.65. The normalized spacial score (nSPS) is 11.5. The van der Waals surface area contributed by atoms with E-state index in [0.29, 0.717) is 5.39 Å². The van der Waals surface area contributed by atoms with Gasteiger partial charge in [-0.2, -0.15) is 8.42 Å². The minimum atomic E-state index is -3.92. The minimum Gasteiger partial charge on any atom is -0.396 e. The molecule has 0 aliphatic rings. The van der Waals surface area contributed by atoms with Gasteiger partial charge in [0.25, 0.3) is 0 Å². The zero-order chi connectivity index (χ0) is 15.7. The summed E-state index contributed by atoms with van der Waals surface area (Å²) in [6.07, 6.45) is 0. The van der Waals surface area contributed by atoms with Crippen LogP contribution >= 0.6 is 0 Å². The predicted molar refractivity (Wildman–Crippen MR) is 87.4 cm³/mol. The van der Waals surface area contributed by atoms with Crippen LogP contribution in [0.25, 0.3) is 10.8 Å². The van der Waals surface area contributed by atoms with Gasteiger partial charge in [-0.25, -0.2) is 0 Å². The molecular formula is C17H15NO3S. The van der Waals surface area contributed by atoms with Gasteiger partial charge in [0.05, 0.1) is 5.69 Å². The fourth-order valence-electron chi connectivity index (χ4n) is 2.22. The Labute approximate surface area is 129 Å². The highest BCUT2D eigenvalue weighted by Gasteiger charge is 2.19. The summed E-state index contributed by atoms with van der Waals surface area (Å²) < 4.78 is 30.2. The summed E-state index contributed by atoms with van der Waals surface area (Å²) >= 11 is 0. The molecule has 0 atom stereocenters. The molecule has 0 saturated carbocycles. The Morgan fingerprint density at radius 2 is 1.59 bits per heavy atom. The van der Waals surface area contributed by atoms with E-state index in [-0.39, 0.29) is 16.3 Å². The topological polar surface area (TPSA) is 69.4 Å². The lowest BCUT2D eigenvalue weighted by atomic mass is 10.1. The van der Waals surface area contributed by atoms with Crippen molar-refractivity contribution in [3.63, 3.8) is 0 Å². The Bertz CT molecular complexity index is 932. The summed E-state index contributed by atoms with van der Waals surface area (Å²) in [6, 6.07) is 17.3. The molecule has 3 aromatic carbocycles. The average molecular weight is 313 g/mol. The molecule has 0 radical (unpaired) electrons. The fraction of sp³-hybridized carbons (Fsp3) is 0.0588. The summed E-state index contributed by atoms with van der Waals surface area (Å²) in [5.41, 5.74) is 7.17. The van der Waals surface area contributed by atoms with Crippen molar-refractivity contribution in [3.8, 4) is 5.75 Å². The van der Waals surface area contributed by atoms with Gasteiger partial charge in [0, 0.05) is 5.39 Å². The standard InChI is InChI=1S/C17H15NO3S/c1-12-6-9-14(10-7-12)22(19,20)21-17-15-5-3-2-4-13(15)8-11-16(17)18/h2-11H,18H2,1H3. The number of hydrogen-bond donors (Lipinski definition) is 1. The second kappa shape index (κ2) is 5.35. The molecule has 0 aliphatic carbocycles. The SMILES string of the molecule is Cc1ccc(S(=O)(=O)Oc2c(N)ccc3ccccc23)cc1. The highest BCUT2D eigenvalue weighted by atomic mass is 32.2. The largest absolute Gasteiger partial charge is 0.396 e. The number of rotatable bonds is 3. The van der Waals surface area contributed by atoms with Crippen LogP contribution < -0.4 is 9.92 Å². The lowest BCUT2D eigenvalue weighted by Gasteiger charge is -2.12. The molecule has 3 rings (SSSR count). The van der Waals surface area contributed by atoms with Crippen molar-refractivity contribution in [1.82, 2.24) is 0 Å². The molecule has 0 bridgehead atoms. The van der Waals surface area contributed by atoms with Gasteiger partial charge in [0.2, 0.25) is 0 Å². The Hall–Kier alpha value is -2.53. The summed E-state index contributed by atoms with van der Waals surface area (Å²) in [7, 11) is -3.92. The Morgan fingerprint density at radius 3 is 2.32 bits per heavy atom. The van der Waals surface area contributed by atoms with E-state index in [4.69, 9.17) is 9.92 Å². The number of nitrogen functional groups attached to an aromatic ring is 1. The first-order valence-corrected chi connectivity index (χ1v) is 8.16. The van der Waals surface area contributed by atoms with E-state index in [1.165, 1.54) is 12.1 Å². The summed E-state index contributed by atoms with van der Waals surface area (Å²) in [4.78, 5) is 0.102. The molecule has 22 heavy (non-hydrogen) atoms. The van der Waals surface area contributed by atoms with Crippen molar-refractivity contribution in [2.45, 2.75) is 11.8 Å². The monoisotopic (exact) mass is 313 g/mol. The maximum Gasteiger partial charge on any atom is 0.339 e. The van der Waals surface area contributed by atoms with Gasteiger partial charge in [0.1, 0.15) is 4.90 Å². The number of aryl methyl sites for hydroxylation is 1. The third-order valence-electron chi connectivity index (χ3n) is 3.41. The van der Waals surface area contributed by atoms with E-state index in [0.717, 1.165) is 10.9 Å². The molecule has 0 aliphatic heterocycles. The average Bonchev–Trinajstić information content (AvgIpc) is 2.50. The first kappa shape index (κ1) is 14.4. The second-order valence-corrected chi connectivity index (χ2v) is 6.60. The quantitative estimate of drug-likeness (QED) is 0.593. The molecule has 0 aromatic heterocycles. The van der Waals surface area contributed by atoms with Gasteiger partial charge in [0.15, 0.2) is 5.75 Å². The second-order valence-electron chi connectivity index (χ2n) is 5.06. The van der Waals surface area contributed by atoms with Gasteiger partial charge in [-0.05, 0) is 30.5 Å². The van der Waals surface area contributed by atoms with Crippen LogP contribution in [0.15, 0.2) is 65.6 Å². The fourth-order valence-corrected chi connectivity index (χ4v) is 3.19. The highest BCUT2D eigenvalue weighted by molar-refractivity contribution is 7.87. The van der Waals surface area contributed by atoms with Gasteiger partial charge in [-0.1, -0.05) is 48.0 Å². The van der Waals surface area contributed by atoms with Crippen LogP contribution in [-0.2, 0) is 10.1 Å². The molecular weight excluding hydrogens is 298 g/mol. The molecule has 4 nitrogen and oxygen atoms in total. The Morgan fingerprint density at radius 1 is 0.909 bits per heavy atom. The van der Waals surface area contributed by atoms with Crippen LogP contribution in [0.5, 0.6) is 5.75 Å². The maximum atomic E-state index is 12.4. The number of anilines is 1. The Balaban J connectivity index is 2.09. The predicted octanol–water partition coefficient (Wildman–Crippen LogP) is 3.50. The van der Waals surface area contributed by atoms with Gasteiger partial charge in [-0.15, -0.1) is 0 Å². The van der Waals surface area contributed by atoms with Crippen molar-refractivity contribution in [2.75, 3.05) is 5.73 Å². The van der Waals surface area contributed by atoms with Crippen molar-refractivity contribution in [2.24, 2.45) is 0 Å². The van der Waals surface area contributed by atoms with Crippen molar-refractivity contribution >= 4 is 26.6 Å². The smallest absolute Gasteiger partial charge is 0.339 e. The summed E-state index contributed by atoms with van der Waals surface area (Å²) in [5, 5.41) is 1.53. The van der Waals surface area contributed by atoms with E-state index >= 15 is 0 Å². The lowest BCUT2D eigenvalue weighted by Crippen LogP contribution is -2.11. The van der Waals surface area contributed by atoms with E-state index in [1.807, 2.05) is 31.2 Å². The molecule has 0 spiro atoms. The maximum absolute atomic E-state index is 12.4. The summed E-state index contributed by atoms with van der Waals surface area (Å²) in [6.45, 7) is 1.89. The van der Waals surface area contributed by atoms with Crippen LogP contribution in [-0.4, -0.2) is 8.42 Å². The Kier molecular flexibility index (Phi) is 3.50. The van der Waals surface area contributed by atoms with Crippen LogP contribution in [0.2, 0.25) is 0 Å². The molecule has 0 saturated heterocycles. The van der Waals surface area contributed by atoms with Crippen molar-refractivity contribution in [3.05, 3.63) is 66.2 Å². The van der Waals surface area contributed by atoms with E-state index in [1.54, 1.807) is 24.3 Å². The molecule has 0 amide bonds. The van der Waals surface area contributed by atoms with Gasteiger partial charge < -0.3 is 9.92 Å². The number of fused-ring (bicyclic) bond motifs is 1. The zero-order valence-corrected chi connectivity index (χ0v) is 12.8. The molecule has 3 aromatic rings. The molecule has 0 unspecified atom stereocenters. The first-order chi connectivity index (χ1) is 10.5. The van der Waals surface area contributed by atoms with E-state index < -0.39 is 10.1 Å². The van der Waals surface area contributed by atoms with Crippen molar-refractivity contribution in [1.29, 1.82) is 0 Å². The molecule has 0 fully saturated rings. The number of hydrogen-bond acceptors (Lipinski definition) is 4. The van der Waals surface area contributed by atoms with E-state index in [2.05, 4.69) is 0 Å². The van der Waals surface area contributed by atoms with E-state index in [9.17, 15) is 8.42 Å². The zero-order valence-electron chi connectivity index (χ0n) is 12.0. The third kappa shape index (κ3) is 2.63. The van der Waals surface area contributed by atoms with Crippen LogP contribution in [0.4, 0.5) is 5.69 Å². The first-order valence-electron chi connectivity index (χ1n) is 6.76. The van der Waals surface area contributed by atoms with Crippen molar-refractivity contribution < 1.29 is 12.6 Å².